The fourth-order valence-electron chi connectivity index (χ4n) is 2.30. The van der Waals surface area contributed by atoms with Crippen molar-refractivity contribution in [2.24, 2.45) is 4.99 Å². The number of rotatable bonds is 1. The number of hydrogen-bond acceptors (Lipinski definition) is 3. The first-order chi connectivity index (χ1) is 8.76. The predicted molar refractivity (Wildman–Crippen MR) is 74.3 cm³/mol. The first-order valence-corrected chi connectivity index (χ1v) is 6.18. The van der Waals surface area contributed by atoms with Crippen molar-refractivity contribution in [3.63, 3.8) is 0 Å². The van der Waals surface area contributed by atoms with E-state index in [2.05, 4.69) is 20.1 Å². The van der Waals surface area contributed by atoms with Gasteiger partial charge in [0.2, 0.25) is 0 Å². The molecule has 1 aliphatic rings. The molecule has 0 aliphatic carbocycles. The summed E-state index contributed by atoms with van der Waals surface area (Å²) >= 11 is 0. The van der Waals surface area contributed by atoms with Crippen LogP contribution in [-0.2, 0) is 0 Å². The predicted octanol–water partition coefficient (Wildman–Crippen LogP) is 0.719. The van der Waals surface area contributed by atoms with Gasteiger partial charge in [-0.3, -0.25) is 4.99 Å². The van der Waals surface area contributed by atoms with Gasteiger partial charge in [0.1, 0.15) is 5.75 Å². The highest BCUT2D eigenvalue weighted by Gasteiger charge is 2.20. The molecule has 0 bridgehead atoms. The Morgan fingerprint density at radius 1 is 1.22 bits per heavy atom. The van der Waals surface area contributed by atoms with E-state index < -0.39 is 0 Å². The van der Waals surface area contributed by atoms with E-state index in [0.29, 0.717) is 5.75 Å². The van der Waals surface area contributed by atoms with Crippen LogP contribution in [0.5, 0.6) is 5.75 Å². The van der Waals surface area contributed by atoms with Crippen LogP contribution < -0.4 is 10.2 Å². The smallest absolute Gasteiger partial charge is 0.193 e. The number of phenols is 1. The maximum absolute atomic E-state index is 9.84. The van der Waals surface area contributed by atoms with E-state index in [4.69, 9.17) is 0 Å². The summed E-state index contributed by atoms with van der Waals surface area (Å²) < 4.78 is 0. The van der Waals surface area contributed by atoms with E-state index in [1.165, 1.54) is 0 Å². The summed E-state index contributed by atoms with van der Waals surface area (Å²) in [5, 5.41) is 12.9. The van der Waals surface area contributed by atoms with Gasteiger partial charge in [0.25, 0.3) is 0 Å². The minimum absolute atomic E-state index is 0.351. The van der Waals surface area contributed by atoms with E-state index in [9.17, 15) is 5.11 Å². The number of aliphatic imine (C=N–C) groups is 1. The fourth-order valence-corrected chi connectivity index (χ4v) is 2.30. The minimum Gasteiger partial charge on any atom is -0.506 e. The van der Waals surface area contributed by atoms with Crippen LogP contribution in [-0.4, -0.2) is 56.2 Å². The molecule has 2 N–H and O–H groups in total. The van der Waals surface area contributed by atoms with Crippen LogP contribution in [0, 0.1) is 0 Å². The second-order valence-corrected chi connectivity index (χ2v) is 4.26. The number of phenolic OH excluding ortho intramolecular Hbond substituents is 1. The van der Waals surface area contributed by atoms with Crippen LogP contribution in [0.15, 0.2) is 29.3 Å². The molecule has 98 valence electrons. The van der Waals surface area contributed by atoms with Gasteiger partial charge >= 0.3 is 0 Å². The molecule has 0 amide bonds. The van der Waals surface area contributed by atoms with Gasteiger partial charge in [0.15, 0.2) is 5.96 Å². The molecule has 5 nitrogen and oxygen atoms in total. The van der Waals surface area contributed by atoms with Gasteiger partial charge in [-0.05, 0) is 12.1 Å². The van der Waals surface area contributed by atoms with Crippen LogP contribution >= 0.6 is 0 Å². The lowest BCUT2D eigenvalue weighted by molar-refractivity contribution is 0.372. The number of nitrogens with zero attached hydrogens (tertiary/aromatic N) is 3. The SMILES string of the molecule is CN=C(NC)N1CCN(c2ccccc2O)CC1. The Labute approximate surface area is 108 Å². The highest BCUT2D eigenvalue weighted by atomic mass is 16.3. The summed E-state index contributed by atoms with van der Waals surface area (Å²) in [6, 6.07) is 7.48. The largest absolute Gasteiger partial charge is 0.506 e. The molecule has 18 heavy (non-hydrogen) atoms. The maximum Gasteiger partial charge on any atom is 0.193 e. The lowest BCUT2D eigenvalue weighted by atomic mass is 10.2. The molecule has 1 aromatic carbocycles. The molecule has 1 heterocycles. The number of para-hydroxylation sites is 2. The van der Waals surface area contributed by atoms with Gasteiger partial charge in [-0.2, -0.15) is 0 Å². The van der Waals surface area contributed by atoms with Gasteiger partial charge in [0.05, 0.1) is 5.69 Å². The third kappa shape index (κ3) is 2.50. The van der Waals surface area contributed by atoms with E-state index in [0.717, 1.165) is 37.8 Å². The fraction of sp³-hybridized carbons (Fsp3) is 0.462. The molecule has 5 heteroatoms. The summed E-state index contributed by atoms with van der Waals surface area (Å²) in [7, 11) is 3.68. The molecule has 0 spiro atoms. The van der Waals surface area contributed by atoms with Crippen molar-refractivity contribution in [1.29, 1.82) is 0 Å². The number of hydrogen-bond donors (Lipinski definition) is 2. The van der Waals surface area contributed by atoms with Crippen LogP contribution in [0.2, 0.25) is 0 Å². The molecule has 1 aromatic rings. The van der Waals surface area contributed by atoms with Crippen molar-refractivity contribution >= 4 is 11.6 Å². The summed E-state index contributed by atoms with van der Waals surface area (Å²) in [6.45, 7) is 3.58. The van der Waals surface area contributed by atoms with Crippen LogP contribution in [0.3, 0.4) is 0 Å². The van der Waals surface area contributed by atoms with E-state index in [-0.39, 0.29) is 0 Å². The second kappa shape index (κ2) is 5.62. The van der Waals surface area contributed by atoms with Crippen molar-refractivity contribution in [2.45, 2.75) is 0 Å². The highest BCUT2D eigenvalue weighted by Crippen LogP contribution is 2.27. The summed E-state index contributed by atoms with van der Waals surface area (Å²) in [6.07, 6.45) is 0. The zero-order valence-corrected chi connectivity index (χ0v) is 10.9. The molecule has 2 rings (SSSR count). The Hall–Kier alpha value is -1.91. The molecule has 1 aliphatic heterocycles. The number of nitrogens with one attached hydrogen (secondary N) is 1. The average Bonchev–Trinajstić information content (AvgIpc) is 2.42. The van der Waals surface area contributed by atoms with Crippen LogP contribution in [0.25, 0.3) is 0 Å². The van der Waals surface area contributed by atoms with Crippen LogP contribution in [0.4, 0.5) is 5.69 Å². The quantitative estimate of drug-likeness (QED) is 0.568. The van der Waals surface area contributed by atoms with E-state index in [1.807, 2.05) is 25.2 Å². The normalized spacial score (nSPS) is 16.9. The minimum atomic E-state index is 0.351. The first kappa shape index (κ1) is 12.5. The number of piperazine rings is 1. The maximum atomic E-state index is 9.84. The van der Waals surface area contributed by atoms with Gasteiger partial charge in [-0.1, -0.05) is 12.1 Å². The van der Waals surface area contributed by atoms with Gasteiger partial charge in [-0.15, -0.1) is 0 Å². The number of guanidine groups is 1. The number of aromatic hydroxyl groups is 1. The monoisotopic (exact) mass is 248 g/mol. The van der Waals surface area contributed by atoms with E-state index >= 15 is 0 Å². The Morgan fingerprint density at radius 3 is 2.44 bits per heavy atom. The van der Waals surface area contributed by atoms with E-state index in [1.54, 1.807) is 13.1 Å². The third-order valence-electron chi connectivity index (χ3n) is 3.24. The number of benzene rings is 1. The number of anilines is 1. The van der Waals surface area contributed by atoms with Crippen molar-refractivity contribution in [1.82, 2.24) is 10.2 Å². The Balaban J connectivity index is 2.01. The highest BCUT2D eigenvalue weighted by molar-refractivity contribution is 5.79. The topological polar surface area (TPSA) is 51.1 Å². The summed E-state index contributed by atoms with van der Waals surface area (Å²) in [4.78, 5) is 8.63. The standard InChI is InChI=1S/C13H20N4O/c1-14-13(15-2)17-9-7-16(8-10-17)11-5-3-4-6-12(11)18/h3-6,18H,7-10H2,1-2H3,(H,14,15). The molecule has 0 radical (unpaired) electrons. The molecule has 1 fully saturated rings. The first-order valence-electron chi connectivity index (χ1n) is 6.18. The second-order valence-electron chi connectivity index (χ2n) is 4.26. The molecule has 0 aromatic heterocycles. The Kier molecular flexibility index (Phi) is 3.92. The lowest BCUT2D eigenvalue weighted by Gasteiger charge is -2.37. The van der Waals surface area contributed by atoms with Crippen molar-refractivity contribution < 1.29 is 5.11 Å². The van der Waals surface area contributed by atoms with Crippen molar-refractivity contribution in [3.8, 4) is 5.75 Å². The average molecular weight is 248 g/mol. The zero-order chi connectivity index (χ0) is 13.0. The van der Waals surface area contributed by atoms with Crippen molar-refractivity contribution in [3.05, 3.63) is 24.3 Å². The molecule has 0 saturated carbocycles. The molecular weight excluding hydrogens is 228 g/mol. The summed E-state index contributed by atoms with van der Waals surface area (Å²) in [5.41, 5.74) is 0.914. The zero-order valence-electron chi connectivity index (χ0n) is 10.9. The summed E-state index contributed by atoms with van der Waals surface area (Å²) in [5.74, 6) is 1.27. The van der Waals surface area contributed by atoms with Crippen LogP contribution in [0.1, 0.15) is 0 Å². The van der Waals surface area contributed by atoms with Gasteiger partial charge in [-0.25, -0.2) is 0 Å². The molecule has 0 atom stereocenters. The molecule has 0 unspecified atom stereocenters. The lowest BCUT2D eigenvalue weighted by Crippen LogP contribution is -2.51. The van der Waals surface area contributed by atoms with Gasteiger partial charge < -0.3 is 20.2 Å². The van der Waals surface area contributed by atoms with Gasteiger partial charge in [0, 0.05) is 40.3 Å². The van der Waals surface area contributed by atoms with Crippen molar-refractivity contribution in [2.75, 3.05) is 45.2 Å². The molecule has 1 saturated heterocycles. The Morgan fingerprint density at radius 2 is 1.89 bits per heavy atom. The molecular formula is C13H20N4O. The Bertz CT molecular complexity index is 425. The third-order valence-corrected chi connectivity index (χ3v) is 3.24.